The van der Waals surface area contributed by atoms with Crippen LogP contribution in [0, 0.1) is 11.6 Å². The van der Waals surface area contributed by atoms with Crippen molar-refractivity contribution >= 4 is 0 Å². The first kappa shape index (κ1) is 13.0. The maximum absolute atomic E-state index is 14.0. The fourth-order valence-electron chi connectivity index (χ4n) is 3.33. The normalized spacial score (nSPS) is 23.1. The Balaban J connectivity index is 1.81. The topological polar surface area (TPSA) is 15.3 Å². The molecule has 1 aromatic carbocycles. The Morgan fingerprint density at radius 1 is 1.16 bits per heavy atom. The van der Waals surface area contributed by atoms with Crippen LogP contribution in [0.25, 0.3) is 0 Å². The average molecular weight is 266 g/mol. The molecule has 3 rings (SSSR count). The van der Waals surface area contributed by atoms with Crippen molar-refractivity contribution in [3.05, 3.63) is 35.4 Å². The molecule has 1 heterocycles. The second kappa shape index (κ2) is 5.17. The van der Waals surface area contributed by atoms with E-state index in [-0.39, 0.29) is 11.2 Å². The van der Waals surface area contributed by atoms with E-state index in [9.17, 15) is 8.78 Å². The number of nitrogens with one attached hydrogen (secondary N) is 1. The van der Waals surface area contributed by atoms with E-state index in [2.05, 4.69) is 10.2 Å². The lowest BCUT2D eigenvalue weighted by atomic mass is 9.64. The molecule has 1 saturated heterocycles. The molecule has 0 bridgehead atoms. The van der Waals surface area contributed by atoms with Gasteiger partial charge in [0.15, 0.2) is 0 Å². The molecule has 1 aromatic rings. The molecule has 104 valence electrons. The van der Waals surface area contributed by atoms with Crippen LogP contribution in [0.5, 0.6) is 0 Å². The van der Waals surface area contributed by atoms with Crippen molar-refractivity contribution in [1.82, 2.24) is 10.2 Å². The number of hydrogen-bond donors (Lipinski definition) is 1. The Morgan fingerprint density at radius 2 is 1.89 bits per heavy atom. The minimum absolute atomic E-state index is 0.0882. The summed E-state index contributed by atoms with van der Waals surface area (Å²) in [5.41, 5.74) is 0.619. The summed E-state index contributed by atoms with van der Waals surface area (Å²) in [7, 11) is 0. The van der Waals surface area contributed by atoms with E-state index in [1.807, 2.05) is 0 Å². The number of hydrogen-bond acceptors (Lipinski definition) is 2. The zero-order valence-corrected chi connectivity index (χ0v) is 11.1. The van der Waals surface area contributed by atoms with Crippen molar-refractivity contribution in [2.45, 2.75) is 24.7 Å². The molecule has 19 heavy (non-hydrogen) atoms. The molecule has 1 aliphatic carbocycles. The van der Waals surface area contributed by atoms with Crippen molar-refractivity contribution in [2.24, 2.45) is 0 Å². The highest BCUT2D eigenvalue weighted by Crippen LogP contribution is 2.45. The van der Waals surface area contributed by atoms with Crippen LogP contribution >= 0.6 is 0 Å². The van der Waals surface area contributed by atoms with Crippen molar-refractivity contribution < 1.29 is 8.78 Å². The molecule has 1 saturated carbocycles. The van der Waals surface area contributed by atoms with Crippen molar-refractivity contribution in [3.63, 3.8) is 0 Å². The van der Waals surface area contributed by atoms with E-state index >= 15 is 0 Å². The lowest BCUT2D eigenvalue weighted by molar-refractivity contribution is 0.125. The van der Waals surface area contributed by atoms with Gasteiger partial charge in [-0.1, -0.05) is 12.5 Å². The summed E-state index contributed by atoms with van der Waals surface area (Å²) >= 11 is 0. The van der Waals surface area contributed by atoms with Crippen LogP contribution < -0.4 is 5.32 Å². The summed E-state index contributed by atoms with van der Waals surface area (Å²) in [4.78, 5) is 2.40. The molecule has 2 aliphatic rings. The van der Waals surface area contributed by atoms with Gasteiger partial charge in [0, 0.05) is 44.2 Å². The zero-order chi connectivity index (χ0) is 13.3. The van der Waals surface area contributed by atoms with Crippen molar-refractivity contribution in [2.75, 3.05) is 32.7 Å². The molecule has 2 fully saturated rings. The second-order valence-corrected chi connectivity index (χ2v) is 5.78. The van der Waals surface area contributed by atoms with E-state index < -0.39 is 5.82 Å². The number of benzene rings is 1. The fourth-order valence-corrected chi connectivity index (χ4v) is 3.33. The third kappa shape index (κ3) is 2.51. The van der Waals surface area contributed by atoms with Gasteiger partial charge in [-0.05, 0) is 24.5 Å². The lowest BCUT2D eigenvalue weighted by Crippen LogP contribution is -2.52. The maximum atomic E-state index is 14.0. The highest BCUT2D eigenvalue weighted by molar-refractivity contribution is 5.30. The van der Waals surface area contributed by atoms with Crippen LogP contribution in [-0.4, -0.2) is 37.6 Å². The molecule has 0 amide bonds. The van der Waals surface area contributed by atoms with E-state index in [1.54, 1.807) is 6.07 Å². The fraction of sp³-hybridized carbons (Fsp3) is 0.600. The van der Waals surface area contributed by atoms with Gasteiger partial charge >= 0.3 is 0 Å². The smallest absolute Gasteiger partial charge is 0.129 e. The third-order valence-electron chi connectivity index (χ3n) is 4.55. The van der Waals surface area contributed by atoms with E-state index in [0.29, 0.717) is 5.56 Å². The van der Waals surface area contributed by atoms with Crippen LogP contribution in [0.3, 0.4) is 0 Å². The Labute approximate surface area is 112 Å². The Morgan fingerprint density at radius 3 is 2.47 bits per heavy atom. The predicted octanol–water partition coefficient (Wildman–Crippen LogP) is 2.29. The molecule has 0 unspecified atom stereocenters. The Bertz CT molecular complexity index is 451. The summed E-state index contributed by atoms with van der Waals surface area (Å²) < 4.78 is 27.1. The molecule has 0 spiro atoms. The van der Waals surface area contributed by atoms with Gasteiger partial charge in [0.1, 0.15) is 11.6 Å². The van der Waals surface area contributed by atoms with Crippen molar-refractivity contribution in [1.29, 1.82) is 0 Å². The highest BCUT2D eigenvalue weighted by atomic mass is 19.1. The van der Waals surface area contributed by atoms with E-state index in [4.69, 9.17) is 0 Å². The van der Waals surface area contributed by atoms with Gasteiger partial charge in [-0.15, -0.1) is 0 Å². The van der Waals surface area contributed by atoms with Crippen LogP contribution in [0.2, 0.25) is 0 Å². The van der Waals surface area contributed by atoms with Crippen molar-refractivity contribution in [3.8, 4) is 0 Å². The van der Waals surface area contributed by atoms with Crippen LogP contribution in [0.1, 0.15) is 24.8 Å². The van der Waals surface area contributed by atoms with E-state index in [0.717, 1.165) is 58.1 Å². The van der Waals surface area contributed by atoms with E-state index in [1.165, 1.54) is 6.07 Å². The monoisotopic (exact) mass is 266 g/mol. The SMILES string of the molecule is Fc1ccc(C2(CN3CCNCC3)CCC2)c(F)c1. The number of rotatable bonds is 3. The summed E-state index contributed by atoms with van der Waals surface area (Å²) in [5, 5.41) is 3.33. The minimum atomic E-state index is -0.488. The van der Waals surface area contributed by atoms with Gasteiger partial charge in [-0.2, -0.15) is 0 Å². The van der Waals surface area contributed by atoms with Crippen LogP contribution in [0.15, 0.2) is 18.2 Å². The first-order chi connectivity index (χ1) is 9.20. The molecular weight excluding hydrogens is 246 g/mol. The molecule has 0 atom stereocenters. The quantitative estimate of drug-likeness (QED) is 0.903. The summed E-state index contributed by atoms with van der Waals surface area (Å²) in [6.07, 6.45) is 3.17. The first-order valence-electron chi connectivity index (χ1n) is 7.08. The molecule has 1 aliphatic heterocycles. The van der Waals surface area contributed by atoms with Gasteiger partial charge in [0.05, 0.1) is 0 Å². The van der Waals surface area contributed by atoms with Gasteiger partial charge in [0.2, 0.25) is 0 Å². The molecule has 2 nitrogen and oxygen atoms in total. The van der Waals surface area contributed by atoms with Gasteiger partial charge in [-0.25, -0.2) is 8.78 Å². The Kier molecular flexibility index (Phi) is 3.54. The van der Waals surface area contributed by atoms with Gasteiger partial charge in [-0.3, -0.25) is 4.90 Å². The molecule has 4 heteroatoms. The van der Waals surface area contributed by atoms with Crippen LogP contribution in [-0.2, 0) is 5.41 Å². The third-order valence-corrected chi connectivity index (χ3v) is 4.55. The standard InChI is InChI=1S/C15H20F2N2/c16-12-2-3-13(14(17)10-12)15(4-1-5-15)11-19-8-6-18-7-9-19/h2-3,10,18H,1,4-9,11H2. The number of halogens is 2. The first-order valence-corrected chi connectivity index (χ1v) is 7.08. The van der Waals surface area contributed by atoms with Gasteiger partial charge in [0.25, 0.3) is 0 Å². The van der Waals surface area contributed by atoms with Gasteiger partial charge < -0.3 is 5.32 Å². The second-order valence-electron chi connectivity index (χ2n) is 5.78. The summed E-state index contributed by atoms with van der Waals surface area (Å²) in [5.74, 6) is -0.868. The number of piperazine rings is 1. The predicted molar refractivity (Wildman–Crippen MR) is 71.2 cm³/mol. The Hall–Kier alpha value is -1.00. The summed E-state index contributed by atoms with van der Waals surface area (Å²) in [6.45, 7) is 4.94. The maximum Gasteiger partial charge on any atom is 0.129 e. The molecular formula is C15H20F2N2. The summed E-state index contributed by atoms with van der Waals surface area (Å²) in [6, 6.07) is 4.05. The molecule has 0 radical (unpaired) electrons. The number of nitrogens with zero attached hydrogens (tertiary/aromatic N) is 1. The largest absolute Gasteiger partial charge is 0.314 e. The highest BCUT2D eigenvalue weighted by Gasteiger charge is 2.41. The average Bonchev–Trinajstić information content (AvgIpc) is 2.36. The molecule has 0 aromatic heterocycles. The zero-order valence-electron chi connectivity index (χ0n) is 11.1. The molecule has 1 N–H and O–H groups in total. The van der Waals surface area contributed by atoms with Crippen LogP contribution in [0.4, 0.5) is 8.78 Å². The minimum Gasteiger partial charge on any atom is -0.314 e. The lowest BCUT2D eigenvalue weighted by Gasteiger charge is -2.46.